The van der Waals surface area contributed by atoms with Crippen molar-refractivity contribution in [3.8, 4) is 0 Å². The Hall–Kier alpha value is 0.137. The van der Waals surface area contributed by atoms with Crippen LogP contribution in [0.15, 0.2) is 0 Å². The minimum absolute atomic E-state index is 0.750. The normalized spacial score (nSPS) is 9.86. The largest absolute Gasteiger partial charge is 0.426 e. The third kappa shape index (κ3) is 6.14. The van der Waals surface area contributed by atoms with E-state index in [1.807, 2.05) is 6.92 Å². The molecule has 0 fully saturated rings. The molecule has 0 bridgehead atoms. The average molecular weight is 120 g/mol. The summed E-state index contributed by atoms with van der Waals surface area (Å²) in [7, 11) is 0.826. The summed E-state index contributed by atoms with van der Waals surface area (Å²) in [5.41, 5.74) is 0. The number of ether oxygens (including phenoxy) is 1. The van der Waals surface area contributed by atoms with Gasteiger partial charge in [-0.25, -0.2) is 0 Å². The van der Waals surface area contributed by atoms with E-state index in [0.29, 0.717) is 0 Å². The highest BCUT2D eigenvalue weighted by Gasteiger charge is 1.77. The van der Waals surface area contributed by atoms with Gasteiger partial charge in [-0.1, -0.05) is 0 Å². The molecule has 0 saturated heterocycles. The zero-order chi connectivity index (χ0) is 5.54. The molecule has 0 amide bonds. The summed E-state index contributed by atoms with van der Waals surface area (Å²) in [5, 5.41) is 0. The van der Waals surface area contributed by atoms with Crippen molar-refractivity contribution < 1.29 is 9.16 Å². The summed E-state index contributed by atoms with van der Waals surface area (Å²) < 4.78 is 9.83. The van der Waals surface area contributed by atoms with Crippen molar-refractivity contribution in [2.24, 2.45) is 0 Å². The molecule has 0 spiro atoms. The lowest BCUT2D eigenvalue weighted by atomic mass is 10.8. The van der Waals surface area contributed by atoms with Crippen molar-refractivity contribution in [2.45, 2.75) is 6.92 Å². The Balaban J connectivity index is 2.45. The van der Waals surface area contributed by atoms with Crippen LogP contribution in [0.2, 0.25) is 0 Å². The van der Waals surface area contributed by atoms with Crippen molar-refractivity contribution in [1.82, 2.24) is 0 Å². The highest BCUT2D eigenvalue weighted by atomic mass is 28.2. The van der Waals surface area contributed by atoms with Gasteiger partial charge in [0.1, 0.15) is 10.5 Å². The lowest BCUT2D eigenvalue weighted by molar-refractivity contribution is 0.114. The van der Waals surface area contributed by atoms with Crippen molar-refractivity contribution in [3.63, 3.8) is 0 Å². The molecule has 0 unspecified atom stereocenters. The van der Waals surface area contributed by atoms with Crippen molar-refractivity contribution in [1.29, 1.82) is 0 Å². The van der Waals surface area contributed by atoms with Crippen LogP contribution in [0.5, 0.6) is 0 Å². The summed E-state index contributed by atoms with van der Waals surface area (Å²) in [6, 6.07) is 0. The van der Waals surface area contributed by atoms with Gasteiger partial charge in [-0.05, 0) is 6.92 Å². The van der Waals surface area contributed by atoms with Crippen LogP contribution in [0.3, 0.4) is 0 Å². The molecule has 0 N–H and O–H groups in total. The van der Waals surface area contributed by atoms with E-state index in [2.05, 4.69) is 0 Å². The first-order chi connectivity index (χ1) is 3.41. The van der Waals surface area contributed by atoms with Crippen LogP contribution in [-0.2, 0) is 9.16 Å². The van der Waals surface area contributed by atoms with Crippen molar-refractivity contribution in [3.05, 3.63) is 0 Å². The molecule has 3 heteroatoms. The molecule has 0 aliphatic rings. The number of hydrogen-bond acceptors (Lipinski definition) is 2. The van der Waals surface area contributed by atoms with Crippen molar-refractivity contribution >= 4 is 10.5 Å². The molecule has 0 aromatic carbocycles. The van der Waals surface area contributed by atoms with Crippen LogP contribution >= 0.6 is 0 Å². The Labute approximate surface area is 47.4 Å². The van der Waals surface area contributed by atoms with E-state index in [-0.39, 0.29) is 0 Å². The molecule has 44 valence electrons. The van der Waals surface area contributed by atoms with Gasteiger partial charge in [0.25, 0.3) is 0 Å². The van der Waals surface area contributed by atoms with Crippen molar-refractivity contribution in [2.75, 3.05) is 19.8 Å². The second-order valence-corrected chi connectivity index (χ2v) is 1.77. The van der Waals surface area contributed by atoms with Gasteiger partial charge in [0, 0.05) is 6.61 Å². The fraction of sp³-hybridized carbons (Fsp3) is 1.00. The molecule has 0 radical (unpaired) electrons. The van der Waals surface area contributed by atoms with Crippen LogP contribution in [0.1, 0.15) is 6.92 Å². The van der Waals surface area contributed by atoms with Gasteiger partial charge in [-0.15, -0.1) is 0 Å². The molecule has 0 atom stereocenters. The lowest BCUT2D eigenvalue weighted by Crippen LogP contribution is -2.00. The van der Waals surface area contributed by atoms with E-state index in [4.69, 9.17) is 9.16 Å². The van der Waals surface area contributed by atoms with Crippen LogP contribution in [-0.4, -0.2) is 30.3 Å². The SMILES string of the molecule is CCOCCO[SiH3]. The summed E-state index contributed by atoms with van der Waals surface area (Å²) in [5.74, 6) is 0. The average Bonchev–Trinajstić information content (AvgIpc) is 1.69. The quantitative estimate of drug-likeness (QED) is 0.361. The maximum absolute atomic E-state index is 4.97. The van der Waals surface area contributed by atoms with Crippen LogP contribution in [0.25, 0.3) is 0 Å². The zero-order valence-electron chi connectivity index (χ0n) is 4.94. The smallest absolute Gasteiger partial charge is 0.146 e. The monoisotopic (exact) mass is 120 g/mol. The standard InChI is InChI=1S/C4H12O2Si/c1-2-5-3-4-6-7/h2-4H2,1,7H3. The van der Waals surface area contributed by atoms with E-state index in [1.54, 1.807) is 0 Å². The Morgan fingerprint density at radius 3 is 2.57 bits per heavy atom. The Kier molecular flexibility index (Phi) is 6.26. The third-order valence-corrected chi connectivity index (χ3v) is 1.04. The van der Waals surface area contributed by atoms with Gasteiger partial charge < -0.3 is 9.16 Å². The number of hydrogen-bond donors (Lipinski definition) is 0. The van der Waals surface area contributed by atoms with Gasteiger partial charge >= 0.3 is 0 Å². The molecule has 0 aromatic heterocycles. The second kappa shape index (κ2) is 6.14. The zero-order valence-corrected chi connectivity index (χ0v) is 6.94. The van der Waals surface area contributed by atoms with E-state index in [1.165, 1.54) is 0 Å². The van der Waals surface area contributed by atoms with E-state index >= 15 is 0 Å². The van der Waals surface area contributed by atoms with Crippen LogP contribution < -0.4 is 0 Å². The molecular formula is C4H12O2Si. The van der Waals surface area contributed by atoms with Gasteiger partial charge in [0.05, 0.1) is 13.2 Å². The Morgan fingerprint density at radius 2 is 2.14 bits per heavy atom. The second-order valence-electron chi connectivity index (χ2n) is 1.19. The van der Waals surface area contributed by atoms with Gasteiger partial charge in [0.15, 0.2) is 0 Å². The summed E-state index contributed by atoms with van der Waals surface area (Å²) in [6.45, 7) is 4.29. The number of rotatable bonds is 4. The summed E-state index contributed by atoms with van der Waals surface area (Å²) in [4.78, 5) is 0. The van der Waals surface area contributed by atoms with E-state index < -0.39 is 0 Å². The molecule has 0 rings (SSSR count). The maximum Gasteiger partial charge on any atom is 0.146 e. The Bertz CT molecular complexity index is 28.9. The predicted molar refractivity (Wildman–Crippen MR) is 32.4 cm³/mol. The first-order valence-corrected chi connectivity index (χ1v) is 3.30. The highest BCUT2D eigenvalue weighted by molar-refractivity contribution is 5.97. The fourth-order valence-corrected chi connectivity index (χ4v) is 0.453. The topological polar surface area (TPSA) is 18.5 Å². The highest BCUT2D eigenvalue weighted by Crippen LogP contribution is 1.71. The molecule has 0 aliphatic heterocycles. The molecule has 7 heavy (non-hydrogen) atoms. The first kappa shape index (κ1) is 7.14. The molecule has 2 nitrogen and oxygen atoms in total. The van der Waals surface area contributed by atoms with E-state index in [0.717, 1.165) is 30.3 Å². The lowest BCUT2D eigenvalue weighted by Gasteiger charge is -1.96. The maximum atomic E-state index is 4.97. The predicted octanol–water partition coefficient (Wildman–Crippen LogP) is -0.680. The van der Waals surface area contributed by atoms with Gasteiger partial charge in [0.2, 0.25) is 0 Å². The minimum Gasteiger partial charge on any atom is -0.426 e. The fourth-order valence-electron chi connectivity index (χ4n) is 0.287. The first-order valence-electron chi connectivity index (χ1n) is 2.48. The van der Waals surface area contributed by atoms with Crippen LogP contribution in [0.4, 0.5) is 0 Å². The van der Waals surface area contributed by atoms with E-state index in [9.17, 15) is 0 Å². The molecule has 0 aromatic rings. The molecular weight excluding hydrogens is 108 g/mol. The van der Waals surface area contributed by atoms with Gasteiger partial charge in [-0.2, -0.15) is 0 Å². The molecule has 0 heterocycles. The molecule has 0 aliphatic carbocycles. The summed E-state index contributed by atoms with van der Waals surface area (Å²) in [6.07, 6.45) is 0. The molecule has 0 saturated carbocycles. The van der Waals surface area contributed by atoms with Crippen LogP contribution in [0, 0.1) is 0 Å². The van der Waals surface area contributed by atoms with Gasteiger partial charge in [-0.3, -0.25) is 0 Å². The summed E-state index contributed by atoms with van der Waals surface area (Å²) >= 11 is 0. The third-order valence-electron chi connectivity index (χ3n) is 0.636. The minimum atomic E-state index is 0.750. The Morgan fingerprint density at radius 1 is 1.43 bits per heavy atom.